The number of unbranched alkanes of at least 4 members (excludes halogenated alkanes) is 4. The molecule has 6 atom stereocenters. The van der Waals surface area contributed by atoms with E-state index in [0.717, 1.165) is 93.8 Å². The molecule has 3 saturated carbocycles. The molecule has 0 saturated heterocycles. The van der Waals surface area contributed by atoms with Gasteiger partial charge < -0.3 is 35.8 Å². The number of nitrogens with zero attached hydrogens (tertiary/aromatic N) is 1. The van der Waals surface area contributed by atoms with Gasteiger partial charge in [0, 0.05) is 25.8 Å². The van der Waals surface area contributed by atoms with Crippen molar-refractivity contribution < 1.29 is 24.8 Å². The molecular weight excluding hydrogens is 665 g/mol. The van der Waals surface area contributed by atoms with Gasteiger partial charge in [-0.25, -0.2) is 0 Å². The highest BCUT2D eigenvalue weighted by Crippen LogP contribution is 2.60. The Kier molecular flexibility index (Phi) is 14.5. The average molecular weight is 733 g/mol. The first-order chi connectivity index (χ1) is 25.8. The van der Waals surface area contributed by atoms with E-state index in [2.05, 4.69) is 23.6 Å². The summed E-state index contributed by atoms with van der Waals surface area (Å²) in [6.45, 7) is 7.37. The average Bonchev–Trinajstić information content (AvgIpc) is 3.97. The molecular formula is C44H68N4O5. The topological polar surface area (TPSA) is 142 Å². The van der Waals surface area contributed by atoms with Crippen molar-refractivity contribution in [3.8, 4) is 11.5 Å². The number of fused-ring (bicyclic) bond motifs is 3. The summed E-state index contributed by atoms with van der Waals surface area (Å²) in [6.07, 6.45) is 22.4. The first kappa shape index (κ1) is 40.0. The lowest BCUT2D eigenvalue weighted by molar-refractivity contribution is 0.115. The van der Waals surface area contributed by atoms with E-state index < -0.39 is 0 Å². The quantitative estimate of drug-likeness (QED) is 0.0606. The van der Waals surface area contributed by atoms with Crippen LogP contribution in [0.25, 0.3) is 0 Å². The van der Waals surface area contributed by atoms with Crippen molar-refractivity contribution in [1.29, 1.82) is 0 Å². The molecule has 1 aromatic carbocycles. The minimum Gasteiger partial charge on any atom is -0.592 e. The van der Waals surface area contributed by atoms with Crippen LogP contribution in [-0.4, -0.2) is 78.7 Å². The van der Waals surface area contributed by atoms with E-state index in [0.29, 0.717) is 36.2 Å². The van der Waals surface area contributed by atoms with Crippen LogP contribution in [0.5, 0.6) is 11.5 Å². The van der Waals surface area contributed by atoms with Crippen LogP contribution in [0, 0.1) is 35.1 Å². The summed E-state index contributed by atoms with van der Waals surface area (Å²) in [7, 11) is 0. The predicted molar refractivity (Wildman–Crippen MR) is 213 cm³/mol. The van der Waals surface area contributed by atoms with Crippen molar-refractivity contribution in [1.82, 2.24) is 10.6 Å². The third-order valence-electron chi connectivity index (χ3n) is 12.9. The lowest BCUT2D eigenvalue weighted by atomic mass is 9.66. The molecule has 0 bridgehead atoms. The standard InChI is InChI=1S/C44H68N4O5/c1-3-47-40(38-24-35-36(27-46-26-30(2)50)34-12-11-13-37(34)44(19-8-9-20-44)25-39(35)48-38)29-52-43-22-31(16-18-41(43)51)15-17-33-23-32(28-49)42(53-33)14-7-5-4-6-10-21-45/h16,18,22-24,30,34,36-37,40,42,46-47,49-51H,3-15,17,19-21,25-29,45H2,1-2H3. The van der Waals surface area contributed by atoms with E-state index in [1.165, 1.54) is 69.1 Å². The lowest BCUT2D eigenvalue weighted by Crippen LogP contribution is -2.39. The van der Waals surface area contributed by atoms with Crippen molar-refractivity contribution in [3.05, 3.63) is 59.2 Å². The normalized spacial score (nSPS) is 25.8. The fraction of sp³-hybridized carbons (Fsp3) is 0.705. The molecule has 6 rings (SSSR count). The number of nitrogens with one attached hydrogen (secondary N) is 2. The number of hydrogen-bond donors (Lipinski definition) is 6. The number of aliphatic hydroxyl groups excluding tert-OH is 2. The minimum absolute atomic E-state index is 0.0231. The number of aryl methyl sites for hydroxylation is 1. The highest BCUT2D eigenvalue weighted by atomic mass is 16.5. The molecule has 3 fully saturated rings. The van der Waals surface area contributed by atoms with E-state index in [9.17, 15) is 15.3 Å². The van der Waals surface area contributed by atoms with Crippen LogP contribution in [0.3, 0.4) is 0 Å². The van der Waals surface area contributed by atoms with Crippen LogP contribution >= 0.6 is 0 Å². The molecule has 3 aliphatic carbocycles. The number of phenolic OH excluding ortho intramolecular Hbond substituents is 1. The summed E-state index contributed by atoms with van der Waals surface area (Å²) < 4.78 is 12.7. The van der Waals surface area contributed by atoms with Gasteiger partial charge >= 0.3 is 0 Å². The number of phenols is 1. The van der Waals surface area contributed by atoms with E-state index >= 15 is 0 Å². The second-order valence-corrected chi connectivity index (χ2v) is 16.7. The molecule has 0 amide bonds. The van der Waals surface area contributed by atoms with Crippen LogP contribution in [0.2, 0.25) is 0 Å². The number of hydrogen-bond acceptors (Lipinski definition) is 9. The molecule has 294 valence electrons. The fourth-order valence-electron chi connectivity index (χ4n) is 10.3. The van der Waals surface area contributed by atoms with Crippen molar-refractivity contribution in [2.24, 2.45) is 33.9 Å². The highest BCUT2D eigenvalue weighted by molar-refractivity contribution is 6.04. The van der Waals surface area contributed by atoms with Gasteiger partial charge in [-0.15, -0.1) is 4.99 Å². The van der Waals surface area contributed by atoms with Crippen LogP contribution in [-0.2, 0) is 11.2 Å². The number of nitrogens with two attached hydrogens (primary N) is 1. The third-order valence-corrected chi connectivity index (χ3v) is 12.9. The zero-order chi connectivity index (χ0) is 37.2. The van der Waals surface area contributed by atoms with Crippen molar-refractivity contribution >= 4 is 5.71 Å². The van der Waals surface area contributed by atoms with E-state index in [1.807, 2.05) is 25.1 Å². The highest BCUT2D eigenvalue weighted by Gasteiger charge is 2.57. The Labute approximate surface area is 319 Å². The Bertz CT molecular complexity index is 1400. The maximum Gasteiger partial charge on any atom is 0.190 e. The van der Waals surface area contributed by atoms with Gasteiger partial charge in [0.05, 0.1) is 24.5 Å². The van der Waals surface area contributed by atoms with Gasteiger partial charge in [-0.3, -0.25) is 5.32 Å². The van der Waals surface area contributed by atoms with Gasteiger partial charge in [0.2, 0.25) is 0 Å². The Balaban J connectivity index is 1.09. The van der Waals surface area contributed by atoms with E-state index in [1.54, 1.807) is 6.07 Å². The lowest BCUT2D eigenvalue weighted by Gasteiger charge is -2.37. The summed E-state index contributed by atoms with van der Waals surface area (Å²) in [4.78, 5) is 5.42. The number of ether oxygens (including phenoxy) is 2. The SMILES string of the molecule is CCNC(COc1cc(CCC2=C[C-](CO)C(CCCCCCCN)O2)ccc1O)[C+]1C=C2C(=N1)CC1(CCCC1)C1CCCC1C2CNCC(C)O. The zero-order valence-corrected chi connectivity index (χ0v) is 32.6. The van der Waals surface area contributed by atoms with Gasteiger partial charge in [0.25, 0.3) is 0 Å². The molecule has 5 aliphatic rings. The Morgan fingerprint density at radius 2 is 1.92 bits per heavy atom. The Hall–Kier alpha value is -2.69. The largest absolute Gasteiger partial charge is 0.592 e. The Morgan fingerprint density at radius 3 is 2.70 bits per heavy atom. The number of aromatic hydroxyl groups is 1. The first-order valence-electron chi connectivity index (χ1n) is 21.1. The fourth-order valence-corrected chi connectivity index (χ4v) is 10.3. The smallest absolute Gasteiger partial charge is 0.190 e. The van der Waals surface area contributed by atoms with Crippen LogP contribution in [0.15, 0.2) is 46.7 Å². The van der Waals surface area contributed by atoms with Gasteiger partial charge in [-0.1, -0.05) is 70.1 Å². The molecule has 9 nitrogen and oxygen atoms in total. The van der Waals surface area contributed by atoms with Gasteiger partial charge in [-0.2, -0.15) is 12.0 Å². The molecule has 1 spiro atoms. The molecule has 1 aromatic rings. The maximum atomic E-state index is 10.8. The monoisotopic (exact) mass is 733 g/mol. The number of aliphatic hydroxyl groups is 2. The second kappa shape index (κ2) is 19.3. The molecule has 6 unspecified atom stereocenters. The van der Waals surface area contributed by atoms with Crippen LogP contribution in [0.4, 0.5) is 0 Å². The zero-order valence-electron chi connectivity index (χ0n) is 32.6. The molecule has 9 heteroatoms. The molecule has 0 radical (unpaired) electrons. The number of benzene rings is 1. The molecule has 53 heavy (non-hydrogen) atoms. The molecule has 2 heterocycles. The number of aliphatic imine (C=N–C) groups is 1. The van der Waals surface area contributed by atoms with Gasteiger partial charge in [-0.05, 0) is 99.9 Å². The predicted octanol–water partition coefficient (Wildman–Crippen LogP) is 6.71. The summed E-state index contributed by atoms with van der Waals surface area (Å²) >= 11 is 0. The minimum atomic E-state index is -0.366. The molecule has 0 aromatic heterocycles. The summed E-state index contributed by atoms with van der Waals surface area (Å²) in [5, 5.41) is 38.1. The molecule has 7 N–H and O–H groups in total. The number of likely N-dealkylation sites (N-methyl/N-ethyl adjacent to an activating group) is 1. The Morgan fingerprint density at radius 1 is 1.11 bits per heavy atom. The second-order valence-electron chi connectivity index (χ2n) is 16.7. The summed E-state index contributed by atoms with van der Waals surface area (Å²) in [6, 6.07) is 6.55. The van der Waals surface area contributed by atoms with E-state index in [4.69, 9.17) is 20.2 Å². The third kappa shape index (κ3) is 9.95. The van der Waals surface area contributed by atoms with Gasteiger partial charge in [0.1, 0.15) is 18.2 Å². The maximum absolute atomic E-state index is 10.8. The summed E-state index contributed by atoms with van der Waals surface area (Å²) in [5.41, 5.74) is 9.74. The van der Waals surface area contributed by atoms with Crippen LogP contribution in [0.1, 0.15) is 116 Å². The van der Waals surface area contributed by atoms with Crippen LogP contribution < -0.4 is 21.1 Å². The van der Waals surface area contributed by atoms with Crippen molar-refractivity contribution in [2.75, 3.05) is 39.4 Å². The number of rotatable bonds is 21. The van der Waals surface area contributed by atoms with Crippen molar-refractivity contribution in [3.63, 3.8) is 0 Å². The molecule has 2 aliphatic heterocycles. The van der Waals surface area contributed by atoms with Gasteiger partial charge in [0.15, 0.2) is 23.3 Å². The number of allylic oxidation sites excluding steroid dienone is 1. The van der Waals surface area contributed by atoms with Crippen molar-refractivity contribution in [2.45, 2.75) is 135 Å². The van der Waals surface area contributed by atoms with E-state index in [-0.39, 0.29) is 30.6 Å². The first-order valence-corrected chi connectivity index (χ1v) is 21.1. The summed E-state index contributed by atoms with van der Waals surface area (Å²) in [5.74, 6) is 4.31.